The molecule has 1 aliphatic rings. The molecule has 0 saturated heterocycles. The third-order valence-electron chi connectivity index (χ3n) is 3.51. The lowest BCUT2D eigenvalue weighted by molar-refractivity contribution is 0.462. The molecule has 110 valence electrons. The molecular weight excluding hydrogens is 250 g/mol. The lowest BCUT2D eigenvalue weighted by Crippen LogP contribution is -2.22. The predicted molar refractivity (Wildman–Crippen MR) is 84.1 cm³/mol. The summed E-state index contributed by atoms with van der Waals surface area (Å²) < 4.78 is 0. The minimum Gasteiger partial charge on any atom is -0.367 e. The molecule has 0 unspecified atom stereocenters. The van der Waals surface area contributed by atoms with Gasteiger partial charge in [-0.1, -0.05) is 19.3 Å². The van der Waals surface area contributed by atoms with Gasteiger partial charge in [0.25, 0.3) is 0 Å². The first-order chi connectivity index (χ1) is 9.74. The molecule has 3 rings (SSSR count). The Balaban J connectivity index is 0.000000452. The second kappa shape index (κ2) is 7.24. The van der Waals surface area contributed by atoms with Crippen LogP contribution in [0.15, 0.2) is 12.4 Å². The molecule has 0 atom stereocenters. The van der Waals surface area contributed by atoms with E-state index in [-0.39, 0.29) is 0 Å². The highest BCUT2D eigenvalue weighted by molar-refractivity contribution is 5.87. The van der Waals surface area contributed by atoms with Crippen molar-refractivity contribution in [2.45, 2.75) is 45.1 Å². The smallest absolute Gasteiger partial charge is 0.143 e. The highest BCUT2D eigenvalue weighted by Gasteiger charge is 2.15. The molecule has 0 bridgehead atoms. The number of anilines is 1. The van der Waals surface area contributed by atoms with Gasteiger partial charge in [0.2, 0.25) is 0 Å². The van der Waals surface area contributed by atoms with Gasteiger partial charge in [0.05, 0.1) is 5.39 Å². The highest BCUT2D eigenvalue weighted by atomic mass is 15.1. The Labute approximate surface area is 120 Å². The second-order valence-electron chi connectivity index (χ2n) is 5.42. The molecule has 0 spiro atoms. The van der Waals surface area contributed by atoms with Crippen LogP contribution in [0.4, 0.5) is 5.82 Å². The van der Waals surface area contributed by atoms with Gasteiger partial charge in [-0.05, 0) is 39.9 Å². The van der Waals surface area contributed by atoms with E-state index in [4.69, 9.17) is 0 Å². The Bertz CT molecular complexity index is 528. The van der Waals surface area contributed by atoms with E-state index >= 15 is 0 Å². The first-order valence-corrected chi connectivity index (χ1v) is 7.40. The predicted octanol–water partition coefficient (Wildman–Crippen LogP) is 2.85. The molecule has 5 heteroatoms. The maximum absolute atomic E-state index is 4.37. The van der Waals surface area contributed by atoms with Crippen LogP contribution in [0.5, 0.6) is 0 Å². The normalized spacial score (nSPS) is 15.8. The molecule has 1 aliphatic carbocycles. The number of aromatic nitrogens is 3. The van der Waals surface area contributed by atoms with E-state index in [0.29, 0.717) is 6.04 Å². The van der Waals surface area contributed by atoms with Gasteiger partial charge in [0.15, 0.2) is 0 Å². The van der Waals surface area contributed by atoms with Crippen LogP contribution >= 0.6 is 0 Å². The fourth-order valence-electron chi connectivity index (χ4n) is 2.63. The van der Waals surface area contributed by atoms with Gasteiger partial charge in [0, 0.05) is 11.7 Å². The zero-order valence-electron chi connectivity index (χ0n) is 12.7. The molecule has 20 heavy (non-hydrogen) atoms. The van der Waals surface area contributed by atoms with E-state index in [2.05, 4.69) is 31.7 Å². The van der Waals surface area contributed by atoms with Crippen LogP contribution in [-0.4, -0.2) is 35.1 Å². The first-order valence-electron chi connectivity index (χ1n) is 7.40. The van der Waals surface area contributed by atoms with Crippen molar-refractivity contribution in [1.82, 2.24) is 20.3 Å². The molecule has 2 heterocycles. The monoisotopic (exact) mass is 275 g/mol. The molecule has 5 nitrogen and oxygen atoms in total. The summed E-state index contributed by atoms with van der Waals surface area (Å²) >= 11 is 0. The lowest BCUT2D eigenvalue weighted by Gasteiger charge is -2.23. The first kappa shape index (κ1) is 14.8. The molecule has 0 aliphatic heterocycles. The average Bonchev–Trinajstić information content (AvgIpc) is 2.82. The topological polar surface area (TPSA) is 65.6 Å². The minimum atomic E-state index is 0.581. The van der Waals surface area contributed by atoms with E-state index < -0.39 is 0 Å². The fraction of sp³-hybridized carbons (Fsp3) is 0.600. The van der Waals surface area contributed by atoms with E-state index in [1.165, 1.54) is 32.1 Å². The van der Waals surface area contributed by atoms with Crippen molar-refractivity contribution in [3.8, 4) is 0 Å². The molecule has 1 fully saturated rings. The third-order valence-corrected chi connectivity index (χ3v) is 3.51. The van der Waals surface area contributed by atoms with Gasteiger partial charge >= 0.3 is 0 Å². The van der Waals surface area contributed by atoms with Gasteiger partial charge in [-0.15, -0.1) is 0 Å². The SMILES string of the molecule is CNC.Cc1cc2c(NC3CCCCC3)ncnc2[nH]1. The zero-order chi connectivity index (χ0) is 14.4. The quantitative estimate of drug-likeness (QED) is 0.788. The van der Waals surface area contributed by atoms with Crippen LogP contribution in [0.1, 0.15) is 37.8 Å². The summed E-state index contributed by atoms with van der Waals surface area (Å²) in [7, 11) is 3.75. The van der Waals surface area contributed by atoms with Gasteiger partial charge < -0.3 is 15.6 Å². The number of hydrogen-bond donors (Lipinski definition) is 3. The van der Waals surface area contributed by atoms with Crippen LogP contribution in [0.2, 0.25) is 0 Å². The van der Waals surface area contributed by atoms with Gasteiger partial charge in [-0.3, -0.25) is 0 Å². The summed E-state index contributed by atoms with van der Waals surface area (Å²) in [6.45, 7) is 2.05. The Morgan fingerprint density at radius 1 is 1.15 bits per heavy atom. The van der Waals surface area contributed by atoms with E-state index in [9.17, 15) is 0 Å². The summed E-state index contributed by atoms with van der Waals surface area (Å²) in [5.74, 6) is 0.978. The molecule has 0 aromatic carbocycles. The van der Waals surface area contributed by atoms with E-state index in [1.807, 2.05) is 21.0 Å². The standard InChI is InChI=1S/C13H18N4.C2H7N/c1-9-7-11-12(16-9)14-8-15-13(11)17-10-5-3-2-4-6-10;1-3-2/h7-8,10H,2-6H2,1H3,(H2,14,15,16,17);3H,1-2H3. The van der Waals surface area contributed by atoms with Crippen LogP contribution in [0, 0.1) is 6.92 Å². The van der Waals surface area contributed by atoms with Crippen molar-refractivity contribution in [3.63, 3.8) is 0 Å². The Hall–Kier alpha value is -1.62. The number of fused-ring (bicyclic) bond motifs is 1. The molecule has 3 N–H and O–H groups in total. The molecule has 2 aromatic heterocycles. The van der Waals surface area contributed by atoms with Gasteiger partial charge in [-0.25, -0.2) is 9.97 Å². The Morgan fingerprint density at radius 2 is 1.85 bits per heavy atom. The van der Waals surface area contributed by atoms with Crippen molar-refractivity contribution in [3.05, 3.63) is 18.1 Å². The fourth-order valence-corrected chi connectivity index (χ4v) is 2.63. The van der Waals surface area contributed by atoms with Crippen molar-refractivity contribution in [2.75, 3.05) is 19.4 Å². The van der Waals surface area contributed by atoms with Crippen molar-refractivity contribution < 1.29 is 0 Å². The van der Waals surface area contributed by atoms with Crippen molar-refractivity contribution >= 4 is 16.9 Å². The zero-order valence-corrected chi connectivity index (χ0v) is 12.7. The Morgan fingerprint density at radius 3 is 2.55 bits per heavy atom. The largest absolute Gasteiger partial charge is 0.367 e. The number of nitrogens with zero attached hydrogens (tertiary/aromatic N) is 2. The number of hydrogen-bond acceptors (Lipinski definition) is 4. The van der Waals surface area contributed by atoms with Crippen LogP contribution < -0.4 is 10.6 Å². The van der Waals surface area contributed by atoms with Gasteiger partial charge in [0.1, 0.15) is 17.8 Å². The number of H-pyrrole nitrogens is 1. The molecule has 0 radical (unpaired) electrons. The maximum atomic E-state index is 4.37. The summed E-state index contributed by atoms with van der Waals surface area (Å²) in [4.78, 5) is 11.9. The van der Waals surface area contributed by atoms with Crippen molar-refractivity contribution in [1.29, 1.82) is 0 Å². The highest BCUT2D eigenvalue weighted by Crippen LogP contribution is 2.25. The minimum absolute atomic E-state index is 0.581. The number of nitrogens with one attached hydrogen (secondary N) is 3. The average molecular weight is 275 g/mol. The van der Waals surface area contributed by atoms with Crippen LogP contribution in [0.25, 0.3) is 11.0 Å². The lowest BCUT2D eigenvalue weighted by atomic mass is 9.95. The van der Waals surface area contributed by atoms with Gasteiger partial charge in [-0.2, -0.15) is 0 Å². The summed E-state index contributed by atoms with van der Waals surface area (Å²) in [5.41, 5.74) is 2.06. The number of rotatable bonds is 2. The Kier molecular flexibility index (Phi) is 5.35. The molecular formula is C15H25N5. The van der Waals surface area contributed by atoms with Crippen molar-refractivity contribution in [2.24, 2.45) is 0 Å². The number of aryl methyl sites for hydroxylation is 1. The number of aromatic amines is 1. The molecule has 1 saturated carbocycles. The van der Waals surface area contributed by atoms with E-state index in [0.717, 1.165) is 22.5 Å². The molecule has 2 aromatic rings. The summed E-state index contributed by atoms with van der Waals surface area (Å²) in [6, 6.07) is 2.69. The molecule has 0 amide bonds. The summed E-state index contributed by atoms with van der Waals surface area (Å²) in [6.07, 6.45) is 8.18. The second-order valence-corrected chi connectivity index (χ2v) is 5.42. The van der Waals surface area contributed by atoms with Crippen LogP contribution in [-0.2, 0) is 0 Å². The van der Waals surface area contributed by atoms with Crippen LogP contribution in [0.3, 0.4) is 0 Å². The summed E-state index contributed by atoms with van der Waals surface area (Å²) in [5, 5.41) is 7.42. The van der Waals surface area contributed by atoms with E-state index in [1.54, 1.807) is 6.33 Å². The third kappa shape index (κ3) is 3.70. The maximum Gasteiger partial charge on any atom is 0.143 e.